The van der Waals surface area contributed by atoms with Crippen LogP contribution in [0.5, 0.6) is 5.75 Å². The molecule has 2 rings (SSSR count). The lowest BCUT2D eigenvalue weighted by Gasteiger charge is -2.27. The monoisotopic (exact) mass is 707 g/mol. The van der Waals surface area contributed by atoms with Crippen LogP contribution in [0.25, 0.3) is 0 Å². The van der Waals surface area contributed by atoms with Crippen LogP contribution in [0.3, 0.4) is 0 Å². The summed E-state index contributed by atoms with van der Waals surface area (Å²) in [6.07, 6.45) is -6.59. The van der Waals surface area contributed by atoms with E-state index in [9.17, 15) is 41.1 Å². The number of carbonyl (C=O) groups excluding carboxylic acids is 4. The molecule has 0 aromatic heterocycles. The fourth-order valence-corrected chi connectivity index (χ4v) is 4.46. The van der Waals surface area contributed by atoms with E-state index in [2.05, 4.69) is 10.6 Å². The van der Waals surface area contributed by atoms with Gasteiger partial charge in [0.15, 0.2) is 6.61 Å². The molecule has 3 N–H and O–H groups in total. The minimum absolute atomic E-state index is 0.113. The van der Waals surface area contributed by atoms with Crippen LogP contribution in [0, 0.1) is 5.92 Å². The second kappa shape index (κ2) is 15.9. The molecule has 0 saturated carbocycles. The lowest BCUT2D eigenvalue weighted by molar-refractivity contribution is -0.162. The van der Waals surface area contributed by atoms with E-state index in [1.165, 1.54) is 55.6 Å². The van der Waals surface area contributed by atoms with E-state index < -0.39 is 73.2 Å². The Bertz CT molecular complexity index is 1360. The summed E-state index contributed by atoms with van der Waals surface area (Å²) in [5.74, 6) is -11.9. The maximum Gasteiger partial charge on any atom is 0.390 e. The molecular weight excluding hydrogens is 683 g/mol. The predicted molar refractivity (Wildman–Crippen MR) is 154 cm³/mol. The first-order valence-electron chi connectivity index (χ1n) is 12.7. The van der Waals surface area contributed by atoms with Gasteiger partial charge in [0.05, 0.1) is 22.5 Å². The molecule has 0 spiro atoms. The summed E-state index contributed by atoms with van der Waals surface area (Å²) in [5, 5.41) is 6.63. The first-order chi connectivity index (χ1) is 20.3. The van der Waals surface area contributed by atoms with E-state index in [0.717, 1.165) is 0 Å². The van der Waals surface area contributed by atoms with Crippen molar-refractivity contribution in [2.75, 3.05) is 13.2 Å². The van der Waals surface area contributed by atoms with Crippen molar-refractivity contribution >= 4 is 69.9 Å². The number of nitrogens with one attached hydrogen (secondary N) is 3. The Labute approximate surface area is 268 Å². The van der Waals surface area contributed by atoms with Gasteiger partial charge in [0.1, 0.15) is 11.8 Å². The number of halogens is 9. The molecule has 2 unspecified atom stereocenters. The molecule has 0 aliphatic rings. The number of ether oxygens (including phenoxy) is 1. The van der Waals surface area contributed by atoms with Crippen LogP contribution < -0.4 is 20.7 Å². The average molecular weight is 709 g/mol. The summed E-state index contributed by atoms with van der Waals surface area (Å²) in [5.41, 5.74) is 0.379. The molecule has 0 bridgehead atoms. The van der Waals surface area contributed by atoms with Gasteiger partial charge < -0.3 is 20.7 Å². The summed E-state index contributed by atoms with van der Waals surface area (Å²) in [6, 6.07) is 4.99. The van der Waals surface area contributed by atoms with E-state index >= 15 is 0 Å². The second-order valence-corrected chi connectivity index (χ2v) is 11.4. The maximum atomic E-state index is 14.7. The average Bonchev–Trinajstić information content (AvgIpc) is 2.90. The Kier molecular flexibility index (Phi) is 13.5. The Morgan fingerprint density at radius 3 is 2.02 bits per heavy atom. The largest absolute Gasteiger partial charge is 0.484 e. The number of carbonyl (C=O) groups is 4. The molecule has 0 saturated heterocycles. The molecule has 2 aromatic carbocycles. The quantitative estimate of drug-likeness (QED) is 0.169. The van der Waals surface area contributed by atoms with Crippen LogP contribution in [0.15, 0.2) is 36.4 Å². The number of alkyl halides is 5. The zero-order valence-corrected chi connectivity index (χ0v) is 26.0. The van der Waals surface area contributed by atoms with Gasteiger partial charge in [-0.2, -0.15) is 22.0 Å². The fourth-order valence-electron chi connectivity index (χ4n) is 3.63. The summed E-state index contributed by atoms with van der Waals surface area (Å²) in [6.45, 7) is 0.754. The topological polar surface area (TPSA) is 114 Å². The Balaban J connectivity index is 2.24. The number of ketones is 1. The molecule has 8 nitrogen and oxygen atoms in total. The molecule has 2 aromatic rings. The maximum absolute atomic E-state index is 14.7. The number of Topliss-reactive ketones (excluding diaryl/α,β-unsaturated/α-hetero) is 1. The van der Waals surface area contributed by atoms with E-state index in [-0.39, 0.29) is 32.3 Å². The molecule has 2 atom stereocenters. The minimum atomic E-state index is -4.79. The summed E-state index contributed by atoms with van der Waals surface area (Å²) < 4.78 is 71.9. The van der Waals surface area contributed by atoms with Crippen molar-refractivity contribution in [3.63, 3.8) is 0 Å². The van der Waals surface area contributed by atoms with Gasteiger partial charge in [-0.25, -0.2) is 0 Å². The summed E-state index contributed by atoms with van der Waals surface area (Å²) in [4.78, 5) is 50.7. The lowest BCUT2D eigenvalue weighted by atomic mass is 9.94. The molecule has 242 valence electrons. The highest BCUT2D eigenvalue weighted by Gasteiger charge is 2.51. The first-order valence-corrected chi connectivity index (χ1v) is 14.2. The van der Waals surface area contributed by atoms with Crippen molar-refractivity contribution in [3.8, 4) is 5.75 Å². The third kappa shape index (κ3) is 11.6. The van der Waals surface area contributed by atoms with Gasteiger partial charge in [-0.3, -0.25) is 19.2 Å². The van der Waals surface area contributed by atoms with Crippen molar-refractivity contribution in [1.29, 1.82) is 0 Å². The Hall–Kier alpha value is -2.87. The smallest absolute Gasteiger partial charge is 0.390 e. The van der Waals surface area contributed by atoms with E-state index in [4.69, 9.17) is 51.1 Å². The molecule has 0 radical (unpaired) electrons. The van der Waals surface area contributed by atoms with Crippen molar-refractivity contribution in [2.45, 2.75) is 50.9 Å². The summed E-state index contributed by atoms with van der Waals surface area (Å²) in [7, 11) is 0. The van der Waals surface area contributed by atoms with Crippen molar-refractivity contribution < 1.29 is 45.9 Å². The van der Waals surface area contributed by atoms with Gasteiger partial charge in [-0.05, 0) is 41.8 Å². The Morgan fingerprint density at radius 2 is 1.48 bits per heavy atom. The van der Waals surface area contributed by atoms with Crippen molar-refractivity contribution in [1.82, 2.24) is 16.0 Å². The van der Waals surface area contributed by atoms with Gasteiger partial charge in [0.25, 0.3) is 11.8 Å². The van der Waals surface area contributed by atoms with Gasteiger partial charge in [0.2, 0.25) is 11.7 Å². The highest BCUT2D eigenvalue weighted by atomic mass is 35.5. The number of hydrogen-bond donors (Lipinski definition) is 3. The van der Waals surface area contributed by atoms with Crippen LogP contribution in [-0.2, 0) is 25.6 Å². The number of hydrogen-bond acceptors (Lipinski definition) is 5. The molecule has 17 heteroatoms. The number of rotatable bonds is 14. The standard InChI is InChI=1S/C27H26Cl4F5N3O5/c1-13(2)22(23(41)27(35,36)25(43)37-6-5-26(32,33)34)39-24(42)20(8-14-3-4-18(30)19(31)7-14)38-21(40)12-44-17-10-15(28)9-16(29)11-17/h3-4,7,9-11,13,20,22H,5-6,8,12H2,1-2H3,(H,37,43)(H,38,40)(H,39,42). The van der Waals surface area contributed by atoms with E-state index in [1.54, 1.807) is 0 Å². The SMILES string of the molecule is CC(C)C(NC(=O)C(Cc1ccc(Cl)c(Cl)c1)NC(=O)COc1cc(Cl)cc(Cl)c1)C(=O)C(F)(F)C(=O)NCCC(F)(F)F. The predicted octanol–water partition coefficient (Wildman–Crippen LogP) is 5.82. The van der Waals surface area contributed by atoms with Gasteiger partial charge in [-0.1, -0.05) is 66.3 Å². The molecular formula is C27H26Cl4F5N3O5. The summed E-state index contributed by atoms with van der Waals surface area (Å²) >= 11 is 23.8. The zero-order valence-electron chi connectivity index (χ0n) is 23.0. The van der Waals surface area contributed by atoms with Gasteiger partial charge in [0, 0.05) is 23.0 Å². The van der Waals surface area contributed by atoms with Crippen LogP contribution >= 0.6 is 46.4 Å². The van der Waals surface area contributed by atoms with E-state index in [0.29, 0.717) is 5.56 Å². The Morgan fingerprint density at radius 1 is 0.864 bits per heavy atom. The normalized spacial score (nSPS) is 13.2. The third-order valence-electron chi connectivity index (χ3n) is 5.82. The van der Waals surface area contributed by atoms with Crippen molar-refractivity contribution in [3.05, 3.63) is 62.1 Å². The minimum Gasteiger partial charge on any atom is -0.484 e. The van der Waals surface area contributed by atoms with Crippen LogP contribution in [0.4, 0.5) is 22.0 Å². The molecule has 0 aliphatic heterocycles. The number of amides is 3. The highest BCUT2D eigenvalue weighted by Crippen LogP contribution is 2.26. The zero-order chi connectivity index (χ0) is 33.4. The first kappa shape index (κ1) is 37.3. The van der Waals surface area contributed by atoms with Gasteiger partial charge >= 0.3 is 12.1 Å². The second-order valence-electron chi connectivity index (χ2n) is 9.76. The van der Waals surface area contributed by atoms with Gasteiger partial charge in [-0.15, -0.1) is 0 Å². The molecule has 0 heterocycles. The lowest BCUT2D eigenvalue weighted by Crippen LogP contribution is -2.59. The third-order valence-corrected chi connectivity index (χ3v) is 6.99. The molecule has 3 amide bonds. The van der Waals surface area contributed by atoms with Crippen LogP contribution in [-0.4, -0.2) is 60.8 Å². The fraction of sp³-hybridized carbons (Fsp3) is 0.407. The molecule has 44 heavy (non-hydrogen) atoms. The molecule has 0 fully saturated rings. The van der Waals surface area contributed by atoms with Crippen LogP contribution in [0.2, 0.25) is 20.1 Å². The van der Waals surface area contributed by atoms with E-state index in [1.807, 2.05) is 0 Å². The highest BCUT2D eigenvalue weighted by molar-refractivity contribution is 6.42. The van der Waals surface area contributed by atoms with Crippen molar-refractivity contribution in [2.24, 2.45) is 5.92 Å². The number of benzene rings is 2. The van der Waals surface area contributed by atoms with Crippen LogP contribution in [0.1, 0.15) is 25.8 Å². The molecule has 0 aliphatic carbocycles.